The number of benzene rings is 2. The topological polar surface area (TPSA) is 159 Å². The van der Waals surface area contributed by atoms with Gasteiger partial charge in [-0.15, -0.1) is 0 Å². The minimum Gasteiger partial charge on any atom is -0.504 e. The highest BCUT2D eigenvalue weighted by Gasteiger charge is 2.36. The van der Waals surface area contributed by atoms with Gasteiger partial charge in [0.25, 0.3) is 0 Å². The second-order valence-corrected chi connectivity index (χ2v) is 7.46. The second kappa shape index (κ2) is 9.88. The molecular formula is C23H24N2O7. The van der Waals surface area contributed by atoms with Gasteiger partial charge in [-0.05, 0) is 60.4 Å². The molecule has 2 aromatic carbocycles. The third kappa shape index (κ3) is 5.79. The summed E-state index contributed by atoms with van der Waals surface area (Å²) in [6.45, 7) is 0. The van der Waals surface area contributed by atoms with Crippen molar-refractivity contribution in [3.05, 3.63) is 59.7 Å². The van der Waals surface area contributed by atoms with Crippen molar-refractivity contribution in [2.24, 2.45) is 0 Å². The number of aromatic hydroxyl groups is 4. The highest BCUT2D eigenvalue weighted by atomic mass is 16.3. The average Bonchev–Trinajstić information content (AvgIpc) is 3.09. The molecule has 0 radical (unpaired) electrons. The zero-order valence-corrected chi connectivity index (χ0v) is 17.0. The summed E-state index contributed by atoms with van der Waals surface area (Å²) in [5.74, 6) is -2.07. The van der Waals surface area contributed by atoms with E-state index in [1.165, 1.54) is 60.7 Å². The van der Waals surface area contributed by atoms with Crippen LogP contribution in [0.1, 0.15) is 24.0 Å². The molecule has 0 bridgehead atoms. The minimum atomic E-state index is -0.826. The van der Waals surface area contributed by atoms with Gasteiger partial charge in [0.1, 0.15) is 0 Å². The summed E-state index contributed by atoms with van der Waals surface area (Å²) >= 11 is 0. The molecule has 9 heteroatoms. The van der Waals surface area contributed by atoms with Crippen LogP contribution in [0.15, 0.2) is 48.6 Å². The van der Waals surface area contributed by atoms with Crippen molar-refractivity contribution < 1.29 is 35.1 Å². The Balaban J connectivity index is 1.58. The SMILES string of the molecule is O=C(C=Cc1ccc(O)c(O)c1)N[C@@H]1[C@H](O)CC[C@H]1NC(=O)C=Cc1ccc(O)c(O)c1. The van der Waals surface area contributed by atoms with E-state index in [0.717, 1.165) is 0 Å². The number of phenols is 4. The number of carbonyl (C=O) groups is 2. The van der Waals surface area contributed by atoms with Crippen molar-refractivity contribution in [3.8, 4) is 23.0 Å². The summed E-state index contributed by atoms with van der Waals surface area (Å²) in [7, 11) is 0. The lowest BCUT2D eigenvalue weighted by Gasteiger charge is -2.23. The molecule has 1 fully saturated rings. The lowest BCUT2D eigenvalue weighted by atomic mass is 10.1. The fourth-order valence-corrected chi connectivity index (χ4v) is 3.41. The highest BCUT2D eigenvalue weighted by molar-refractivity contribution is 5.93. The minimum absolute atomic E-state index is 0.263. The lowest BCUT2D eigenvalue weighted by Crippen LogP contribution is -2.52. The van der Waals surface area contributed by atoms with Crippen LogP contribution in [0.2, 0.25) is 0 Å². The first-order valence-corrected chi connectivity index (χ1v) is 9.92. The largest absolute Gasteiger partial charge is 0.504 e. The summed E-state index contributed by atoms with van der Waals surface area (Å²) in [6.07, 6.45) is 5.44. The first kappa shape index (κ1) is 22.7. The molecule has 3 atom stereocenters. The number of phenolic OH excluding ortho intramolecular Hbond substituents is 4. The number of rotatable bonds is 6. The van der Waals surface area contributed by atoms with Gasteiger partial charge >= 0.3 is 0 Å². The van der Waals surface area contributed by atoms with Crippen molar-refractivity contribution in [2.75, 3.05) is 0 Å². The first-order chi connectivity index (χ1) is 15.2. The molecule has 168 valence electrons. The van der Waals surface area contributed by atoms with E-state index in [1.54, 1.807) is 0 Å². The van der Waals surface area contributed by atoms with Gasteiger partial charge in [-0.25, -0.2) is 0 Å². The van der Waals surface area contributed by atoms with Gasteiger partial charge in [-0.1, -0.05) is 12.1 Å². The predicted octanol–water partition coefficient (Wildman–Crippen LogP) is 1.36. The number of hydrogen-bond donors (Lipinski definition) is 7. The molecule has 0 heterocycles. The molecule has 9 nitrogen and oxygen atoms in total. The van der Waals surface area contributed by atoms with Gasteiger partial charge in [-0.2, -0.15) is 0 Å². The Morgan fingerprint density at radius 2 is 1.25 bits per heavy atom. The third-order valence-corrected chi connectivity index (χ3v) is 5.11. The molecule has 32 heavy (non-hydrogen) atoms. The quantitative estimate of drug-likeness (QED) is 0.264. The van der Waals surface area contributed by atoms with E-state index in [2.05, 4.69) is 10.6 Å². The smallest absolute Gasteiger partial charge is 0.244 e. The molecule has 3 rings (SSSR count). The zero-order valence-electron chi connectivity index (χ0n) is 17.0. The van der Waals surface area contributed by atoms with Gasteiger partial charge in [0.2, 0.25) is 11.8 Å². The Hall–Kier alpha value is -3.98. The van der Waals surface area contributed by atoms with Crippen LogP contribution in [-0.4, -0.2) is 55.5 Å². The van der Waals surface area contributed by atoms with E-state index in [1.807, 2.05) is 0 Å². The molecule has 1 saturated carbocycles. The van der Waals surface area contributed by atoms with E-state index in [4.69, 9.17) is 0 Å². The van der Waals surface area contributed by atoms with Gasteiger partial charge in [0, 0.05) is 12.2 Å². The number of nitrogens with one attached hydrogen (secondary N) is 2. The average molecular weight is 440 g/mol. The Kier molecular flexibility index (Phi) is 7.01. The standard InChI is InChI=1S/C23H24N2O7/c26-16-6-1-13(11-19(16)29)3-9-21(31)24-15-5-8-18(28)23(15)25-22(32)10-4-14-2-7-17(27)20(30)12-14/h1-4,6-7,9-12,15,18,23,26-30H,5,8H2,(H,24,31)(H,25,32)/t15-,18-,23+/m1/s1. The number of aliphatic hydroxyl groups is 1. The Bertz CT molecular complexity index is 1060. The summed E-state index contributed by atoms with van der Waals surface area (Å²) < 4.78 is 0. The van der Waals surface area contributed by atoms with Crippen LogP contribution in [0.4, 0.5) is 0 Å². The number of hydrogen-bond acceptors (Lipinski definition) is 7. The monoisotopic (exact) mass is 440 g/mol. The van der Waals surface area contributed by atoms with Crippen molar-refractivity contribution in [2.45, 2.75) is 31.0 Å². The number of carbonyl (C=O) groups excluding carboxylic acids is 2. The van der Waals surface area contributed by atoms with Crippen LogP contribution in [0, 0.1) is 0 Å². The van der Waals surface area contributed by atoms with E-state index in [0.29, 0.717) is 24.0 Å². The Labute approximate surface area is 184 Å². The molecule has 2 aromatic rings. The Morgan fingerprint density at radius 3 is 1.75 bits per heavy atom. The Morgan fingerprint density at radius 1 is 0.750 bits per heavy atom. The zero-order chi connectivity index (χ0) is 23.3. The van der Waals surface area contributed by atoms with Crippen molar-refractivity contribution in [1.82, 2.24) is 10.6 Å². The van der Waals surface area contributed by atoms with E-state index in [9.17, 15) is 35.1 Å². The van der Waals surface area contributed by atoms with E-state index >= 15 is 0 Å². The lowest BCUT2D eigenvalue weighted by molar-refractivity contribution is -0.120. The third-order valence-electron chi connectivity index (χ3n) is 5.11. The summed E-state index contributed by atoms with van der Waals surface area (Å²) in [4.78, 5) is 24.5. The maximum atomic E-state index is 12.3. The van der Waals surface area contributed by atoms with E-state index in [-0.39, 0.29) is 23.0 Å². The fourth-order valence-electron chi connectivity index (χ4n) is 3.41. The molecule has 0 unspecified atom stereocenters. The summed E-state index contributed by atoms with van der Waals surface area (Å²) in [6, 6.07) is 7.09. The van der Waals surface area contributed by atoms with Crippen LogP contribution >= 0.6 is 0 Å². The number of aliphatic hydroxyl groups excluding tert-OH is 1. The van der Waals surface area contributed by atoms with Crippen molar-refractivity contribution in [3.63, 3.8) is 0 Å². The van der Waals surface area contributed by atoms with Crippen molar-refractivity contribution >= 4 is 24.0 Å². The molecule has 7 N–H and O–H groups in total. The van der Waals surface area contributed by atoms with Gasteiger partial charge < -0.3 is 36.2 Å². The molecule has 1 aliphatic rings. The van der Waals surface area contributed by atoms with Crippen LogP contribution in [-0.2, 0) is 9.59 Å². The predicted molar refractivity (Wildman–Crippen MR) is 117 cm³/mol. The maximum absolute atomic E-state index is 12.3. The summed E-state index contributed by atoms with van der Waals surface area (Å²) in [5.41, 5.74) is 1.01. The molecule has 0 aliphatic heterocycles. The van der Waals surface area contributed by atoms with Crippen LogP contribution in [0.25, 0.3) is 12.2 Å². The van der Waals surface area contributed by atoms with Crippen LogP contribution in [0.3, 0.4) is 0 Å². The van der Waals surface area contributed by atoms with Gasteiger partial charge in [0.05, 0.1) is 18.2 Å². The number of amides is 2. The maximum Gasteiger partial charge on any atom is 0.244 e. The van der Waals surface area contributed by atoms with Crippen LogP contribution in [0.5, 0.6) is 23.0 Å². The normalized spacial score (nSPS) is 20.6. The molecule has 2 amide bonds. The summed E-state index contributed by atoms with van der Waals surface area (Å²) in [5, 5.41) is 53.3. The molecule has 0 saturated heterocycles. The fraction of sp³-hybridized carbons (Fsp3) is 0.217. The molecular weight excluding hydrogens is 416 g/mol. The van der Waals surface area contributed by atoms with Crippen LogP contribution < -0.4 is 10.6 Å². The molecule has 1 aliphatic carbocycles. The first-order valence-electron chi connectivity index (χ1n) is 9.92. The van der Waals surface area contributed by atoms with Gasteiger partial charge in [0.15, 0.2) is 23.0 Å². The highest BCUT2D eigenvalue weighted by Crippen LogP contribution is 2.26. The van der Waals surface area contributed by atoms with Crippen molar-refractivity contribution in [1.29, 1.82) is 0 Å². The molecule has 0 aromatic heterocycles. The van der Waals surface area contributed by atoms with Gasteiger partial charge in [-0.3, -0.25) is 9.59 Å². The molecule has 0 spiro atoms. The second-order valence-electron chi connectivity index (χ2n) is 7.46. The van der Waals surface area contributed by atoms with E-state index < -0.39 is 30.0 Å².